The minimum atomic E-state index is -3.62. The third-order valence-electron chi connectivity index (χ3n) is 4.94. The molecule has 0 saturated carbocycles. The number of methoxy groups -OCH3 is 1. The SMILES string of the molecule is CC[C@@H](NC(=O)CN(c1c(C)cccc1C)S(C)(=O)=O)c1ccc(OC)c(C)c1. The maximum atomic E-state index is 12.8. The van der Waals surface area contributed by atoms with E-state index in [4.69, 9.17) is 4.74 Å². The highest BCUT2D eigenvalue weighted by Gasteiger charge is 2.25. The molecule has 2 aromatic carbocycles. The first-order chi connectivity index (χ1) is 13.6. The van der Waals surface area contributed by atoms with Gasteiger partial charge in [-0.25, -0.2) is 8.42 Å². The second-order valence-corrected chi connectivity index (χ2v) is 9.17. The maximum absolute atomic E-state index is 12.8. The summed E-state index contributed by atoms with van der Waals surface area (Å²) in [6, 6.07) is 11.1. The first-order valence-corrected chi connectivity index (χ1v) is 11.4. The van der Waals surface area contributed by atoms with Crippen LogP contribution in [0.1, 0.15) is 41.6 Å². The van der Waals surface area contributed by atoms with Crippen LogP contribution in [0.5, 0.6) is 5.75 Å². The number of nitrogens with zero attached hydrogens (tertiary/aromatic N) is 1. The molecular weight excluding hydrogens is 388 g/mol. The first kappa shape index (κ1) is 22.7. The van der Waals surface area contributed by atoms with E-state index < -0.39 is 10.0 Å². The average molecular weight is 419 g/mol. The lowest BCUT2D eigenvalue weighted by Crippen LogP contribution is -2.42. The molecule has 0 heterocycles. The van der Waals surface area contributed by atoms with E-state index in [2.05, 4.69) is 5.32 Å². The summed E-state index contributed by atoms with van der Waals surface area (Å²) in [5.41, 5.74) is 4.10. The van der Waals surface area contributed by atoms with Crippen molar-refractivity contribution in [3.63, 3.8) is 0 Å². The number of para-hydroxylation sites is 1. The Morgan fingerprint density at radius 3 is 2.21 bits per heavy atom. The van der Waals surface area contributed by atoms with E-state index in [1.807, 2.05) is 64.1 Å². The molecule has 0 radical (unpaired) electrons. The fourth-order valence-corrected chi connectivity index (χ4v) is 4.44. The predicted molar refractivity (Wildman–Crippen MR) is 117 cm³/mol. The van der Waals surface area contributed by atoms with Gasteiger partial charge in [0.15, 0.2) is 0 Å². The zero-order valence-electron chi connectivity index (χ0n) is 17.9. The van der Waals surface area contributed by atoms with Crippen molar-refractivity contribution in [2.75, 3.05) is 24.2 Å². The Morgan fingerprint density at radius 2 is 1.72 bits per heavy atom. The van der Waals surface area contributed by atoms with Crippen molar-refractivity contribution in [1.82, 2.24) is 5.32 Å². The molecule has 158 valence electrons. The molecule has 29 heavy (non-hydrogen) atoms. The summed E-state index contributed by atoms with van der Waals surface area (Å²) in [4.78, 5) is 12.8. The van der Waals surface area contributed by atoms with Crippen LogP contribution in [0.4, 0.5) is 5.69 Å². The van der Waals surface area contributed by atoms with Gasteiger partial charge in [0.25, 0.3) is 0 Å². The van der Waals surface area contributed by atoms with E-state index in [1.54, 1.807) is 7.11 Å². The molecule has 0 aliphatic carbocycles. The highest BCUT2D eigenvalue weighted by molar-refractivity contribution is 7.92. The Hall–Kier alpha value is -2.54. The fourth-order valence-electron chi connectivity index (χ4n) is 3.47. The highest BCUT2D eigenvalue weighted by atomic mass is 32.2. The quantitative estimate of drug-likeness (QED) is 0.710. The van der Waals surface area contributed by atoms with Crippen molar-refractivity contribution < 1.29 is 17.9 Å². The fraction of sp³-hybridized carbons (Fsp3) is 0.409. The van der Waals surface area contributed by atoms with Gasteiger partial charge in [-0.15, -0.1) is 0 Å². The summed E-state index contributed by atoms with van der Waals surface area (Å²) in [5.74, 6) is 0.437. The van der Waals surface area contributed by atoms with Crippen LogP contribution in [-0.4, -0.2) is 34.2 Å². The second kappa shape index (κ2) is 9.31. The molecule has 2 rings (SSSR count). The normalized spacial score (nSPS) is 12.3. The Morgan fingerprint density at radius 1 is 1.10 bits per heavy atom. The van der Waals surface area contributed by atoms with E-state index in [0.717, 1.165) is 34.3 Å². The first-order valence-electron chi connectivity index (χ1n) is 9.56. The minimum absolute atomic E-state index is 0.216. The number of anilines is 1. The lowest BCUT2D eigenvalue weighted by molar-refractivity contribution is -0.120. The summed E-state index contributed by atoms with van der Waals surface area (Å²) in [6.07, 6.45) is 1.80. The van der Waals surface area contributed by atoms with Crippen LogP contribution in [0.2, 0.25) is 0 Å². The number of carbonyl (C=O) groups is 1. The number of aryl methyl sites for hydroxylation is 3. The van der Waals surface area contributed by atoms with Crippen molar-refractivity contribution in [3.8, 4) is 5.75 Å². The van der Waals surface area contributed by atoms with Crippen LogP contribution in [-0.2, 0) is 14.8 Å². The number of hydrogen-bond donors (Lipinski definition) is 1. The van der Waals surface area contributed by atoms with E-state index in [9.17, 15) is 13.2 Å². The smallest absolute Gasteiger partial charge is 0.241 e. The summed E-state index contributed by atoms with van der Waals surface area (Å²) < 4.78 is 31.4. The van der Waals surface area contributed by atoms with Gasteiger partial charge in [0, 0.05) is 0 Å². The number of nitrogens with one attached hydrogen (secondary N) is 1. The summed E-state index contributed by atoms with van der Waals surface area (Å²) >= 11 is 0. The molecule has 1 N–H and O–H groups in total. The molecule has 6 nitrogen and oxygen atoms in total. The van der Waals surface area contributed by atoms with Gasteiger partial charge < -0.3 is 10.1 Å². The van der Waals surface area contributed by atoms with E-state index in [0.29, 0.717) is 12.1 Å². The van der Waals surface area contributed by atoms with Crippen molar-refractivity contribution >= 4 is 21.6 Å². The Bertz CT molecular complexity index is 966. The van der Waals surface area contributed by atoms with Gasteiger partial charge in [-0.3, -0.25) is 9.10 Å². The molecule has 0 aliphatic heterocycles. The molecule has 0 aromatic heterocycles. The van der Waals surface area contributed by atoms with Crippen LogP contribution in [0.25, 0.3) is 0 Å². The topological polar surface area (TPSA) is 75.7 Å². The lowest BCUT2D eigenvalue weighted by atomic mass is 10.0. The van der Waals surface area contributed by atoms with E-state index in [1.165, 1.54) is 4.31 Å². The second-order valence-electron chi connectivity index (χ2n) is 7.27. The molecule has 7 heteroatoms. The van der Waals surface area contributed by atoms with Crippen molar-refractivity contribution in [2.24, 2.45) is 0 Å². The summed E-state index contributed by atoms with van der Waals surface area (Å²) in [5, 5.41) is 2.97. The number of benzene rings is 2. The number of rotatable bonds is 8. The van der Waals surface area contributed by atoms with Crippen molar-refractivity contribution in [2.45, 2.75) is 40.2 Å². The molecular formula is C22H30N2O4S. The van der Waals surface area contributed by atoms with E-state index in [-0.39, 0.29) is 18.5 Å². The van der Waals surface area contributed by atoms with Crippen LogP contribution in [0.3, 0.4) is 0 Å². The van der Waals surface area contributed by atoms with Crippen LogP contribution >= 0.6 is 0 Å². The standard InChI is InChI=1S/C22H30N2O4S/c1-7-19(18-11-12-20(28-5)17(4)13-18)23-21(25)14-24(29(6,26)27)22-15(2)9-8-10-16(22)3/h8-13,19H,7,14H2,1-6H3,(H,23,25)/t19-/m1/s1. The number of sulfonamides is 1. The molecule has 0 fully saturated rings. The van der Waals surface area contributed by atoms with Gasteiger partial charge >= 0.3 is 0 Å². The number of ether oxygens (including phenoxy) is 1. The van der Waals surface area contributed by atoms with Gasteiger partial charge in [0.2, 0.25) is 15.9 Å². The molecule has 0 spiro atoms. The molecule has 2 aromatic rings. The summed E-state index contributed by atoms with van der Waals surface area (Å²) in [7, 11) is -2.01. The maximum Gasteiger partial charge on any atom is 0.241 e. The number of hydrogen-bond acceptors (Lipinski definition) is 4. The Labute approximate surface area is 173 Å². The van der Waals surface area contributed by atoms with Gasteiger partial charge in [-0.05, 0) is 55.5 Å². The zero-order valence-corrected chi connectivity index (χ0v) is 18.8. The molecule has 0 saturated heterocycles. The monoisotopic (exact) mass is 418 g/mol. The molecule has 1 atom stereocenters. The Kier molecular flexibility index (Phi) is 7.30. The van der Waals surface area contributed by atoms with Gasteiger partial charge in [-0.2, -0.15) is 0 Å². The van der Waals surface area contributed by atoms with Crippen LogP contribution < -0.4 is 14.4 Å². The molecule has 0 aliphatic rings. The summed E-state index contributed by atoms with van der Waals surface area (Å²) in [6.45, 7) is 7.34. The van der Waals surface area contributed by atoms with Crippen molar-refractivity contribution in [3.05, 3.63) is 58.7 Å². The average Bonchev–Trinajstić information content (AvgIpc) is 2.64. The number of amides is 1. The molecule has 0 unspecified atom stereocenters. The highest BCUT2D eigenvalue weighted by Crippen LogP contribution is 2.27. The number of carbonyl (C=O) groups excluding carboxylic acids is 1. The van der Waals surface area contributed by atoms with Crippen LogP contribution in [0, 0.1) is 20.8 Å². The zero-order chi connectivity index (χ0) is 21.8. The third kappa shape index (κ3) is 5.50. The molecule has 0 bridgehead atoms. The van der Waals surface area contributed by atoms with Gasteiger partial charge in [-0.1, -0.05) is 37.3 Å². The van der Waals surface area contributed by atoms with E-state index >= 15 is 0 Å². The van der Waals surface area contributed by atoms with Gasteiger partial charge in [0.1, 0.15) is 12.3 Å². The van der Waals surface area contributed by atoms with Crippen LogP contribution in [0.15, 0.2) is 36.4 Å². The largest absolute Gasteiger partial charge is 0.496 e. The Balaban J connectivity index is 2.26. The van der Waals surface area contributed by atoms with Gasteiger partial charge in [0.05, 0.1) is 25.1 Å². The predicted octanol–water partition coefficient (Wildman–Crippen LogP) is 3.65. The lowest BCUT2D eigenvalue weighted by Gasteiger charge is -2.27. The van der Waals surface area contributed by atoms with Crippen molar-refractivity contribution in [1.29, 1.82) is 0 Å². The third-order valence-corrected chi connectivity index (χ3v) is 6.05. The minimum Gasteiger partial charge on any atom is -0.496 e. The molecule has 1 amide bonds.